The Labute approximate surface area is 207 Å². The van der Waals surface area contributed by atoms with E-state index in [0.29, 0.717) is 17.1 Å². The lowest BCUT2D eigenvalue weighted by molar-refractivity contribution is 0.0731. The molecule has 0 radical (unpaired) electrons. The molecule has 0 unspecified atom stereocenters. The highest BCUT2D eigenvalue weighted by molar-refractivity contribution is 5.92. The molecule has 0 atom stereocenters. The van der Waals surface area contributed by atoms with Gasteiger partial charge in [-0.3, -0.25) is 0 Å². The lowest BCUT2D eigenvalue weighted by Gasteiger charge is -2.31. The molecule has 2 aromatic carbocycles. The van der Waals surface area contributed by atoms with Gasteiger partial charge in [0.05, 0.1) is 5.56 Å². The van der Waals surface area contributed by atoms with Gasteiger partial charge in [-0.1, -0.05) is 95.2 Å². The summed E-state index contributed by atoms with van der Waals surface area (Å²) in [5.74, 6) is 0.488. The molecule has 3 nitrogen and oxygen atoms in total. The molecule has 2 aromatic rings. The molecule has 0 aliphatic carbocycles. The average Bonchev–Trinajstić information content (AvgIpc) is 2.72. The molecule has 0 saturated heterocycles. The van der Waals surface area contributed by atoms with Crippen molar-refractivity contribution in [2.75, 3.05) is 0 Å². The standard InChI is InChI=1S/C31H46O3/c1-13-30(9,10)23-17-20(18-24(26(23)32)31(11,12)14-2)27(33)34-25-16-15-21(28(3,4)5)19-22(25)29(6,7)8/h15-19,32H,13-14H2,1-12H3. The lowest BCUT2D eigenvalue weighted by atomic mass is 9.75. The fourth-order valence-corrected chi connectivity index (χ4v) is 4.00. The third kappa shape index (κ3) is 5.85. The first-order chi connectivity index (χ1) is 15.3. The molecule has 0 bridgehead atoms. The van der Waals surface area contributed by atoms with Crippen LogP contribution in [0.3, 0.4) is 0 Å². The van der Waals surface area contributed by atoms with Crippen molar-refractivity contribution in [2.24, 2.45) is 0 Å². The van der Waals surface area contributed by atoms with E-state index < -0.39 is 5.97 Å². The van der Waals surface area contributed by atoms with Crippen LogP contribution in [0.25, 0.3) is 0 Å². The number of hydrogen-bond acceptors (Lipinski definition) is 3. The van der Waals surface area contributed by atoms with Gasteiger partial charge in [0.25, 0.3) is 0 Å². The van der Waals surface area contributed by atoms with E-state index in [9.17, 15) is 9.90 Å². The Morgan fingerprint density at radius 2 is 1.21 bits per heavy atom. The lowest BCUT2D eigenvalue weighted by Crippen LogP contribution is -2.23. The zero-order valence-electron chi connectivity index (χ0n) is 23.6. The molecular formula is C31H46O3. The summed E-state index contributed by atoms with van der Waals surface area (Å²) < 4.78 is 6.05. The molecule has 0 heterocycles. The largest absolute Gasteiger partial charge is 0.507 e. The number of esters is 1. The Morgan fingerprint density at radius 1 is 0.735 bits per heavy atom. The van der Waals surface area contributed by atoms with Crippen LogP contribution in [0.4, 0.5) is 0 Å². The second-order valence-corrected chi connectivity index (χ2v) is 13.0. The second-order valence-electron chi connectivity index (χ2n) is 13.0. The molecule has 3 heteroatoms. The minimum atomic E-state index is -0.393. The molecule has 2 rings (SSSR count). The van der Waals surface area contributed by atoms with Crippen molar-refractivity contribution < 1.29 is 14.6 Å². The first kappa shape index (κ1) is 28.0. The molecule has 0 amide bonds. The van der Waals surface area contributed by atoms with Crippen LogP contribution in [0.5, 0.6) is 11.5 Å². The van der Waals surface area contributed by atoms with Gasteiger partial charge in [-0.05, 0) is 58.3 Å². The Morgan fingerprint density at radius 3 is 1.59 bits per heavy atom. The van der Waals surface area contributed by atoms with Crippen molar-refractivity contribution in [3.8, 4) is 11.5 Å². The normalized spacial score (nSPS) is 13.2. The number of carbonyl (C=O) groups excluding carboxylic acids is 1. The number of aromatic hydroxyl groups is 1. The molecule has 0 aliphatic rings. The Balaban J connectivity index is 2.65. The van der Waals surface area contributed by atoms with Crippen molar-refractivity contribution in [2.45, 2.75) is 118 Å². The number of rotatable bonds is 6. The monoisotopic (exact) mass is 466 g/mol. The highest BCUT2D eigenvalue weighted by Crippen LogP contribution is 2.43. The molecule has 34 heavy (non-hydrogen) atoms. The summed E-state index contributed by atoms with van der Waals surface area (Å²) in [6.07, 6.45) is 1.68. The maximum absolute atomic E-state index is 13.5. The van der Waals surface area contributed by atoms with Crippen molar-refractivity contribution in [3.05, 3.63) is 58.1 Å². The smallest absolute Gasteiger partial charge is 0.343 e. The minimum Gasteiger partial charge on any atom is -0.507 e. The molecule has 188 valence electrons. The zero-order valence-corrected chi connectivity index (χ0v) is 23.6. The highest BCUT2D eigenvalue weighted by atomic mass is 16.5. The van der Waals surface area contributed by atoms with Crippen molar-refractivity contribution in [3.63, 3.8) is 0 Å². The van der Waals surface area contributed by atoms with E-state index >= 15 is 0 Å². The van der Waals surface area contributed by atoms with E-state index in [1.807, 2.05) is 24.3 Å². The van der Waals surface area contributed by atoms with Crippen LogP contribution >= 0.6 is 0 Å². The fourth-order valence-electron chi connectivity index (χ4n) is 4.00. The van der Waals surface area contributed by atoms with E-state index in [4.69, 9.17) is 4.74 Å². The SMILES string of the molecule is CCC(C)(C)c1cc(C(=O)Oc2ccc(C(C)(C)C)cc2C(C)(C)C)cc(C(C)(C)CC)c1O. The molecule has 1 N–H and O–H groups in total. The predicted molar refractivity (Wildman–Crippen MR) is 144 cm³/mol. The molecule has 0 fully saturated rings. The maximum atomic E-state index is 13.5. The van der Waals surface area contributed by atoms with Gasteiger partial charge in [0.1, 0.15) is 11.5 Å². The summed E-state index contributed by atoms with van der Waals surface area (Å²) in [5.41, 5.74) is 3.55. The molecule has 0 aromatic heterocycles. The quantitative estimate of drug-likeness (QED) is 0.342. The van der Waals surface area contributed by atoms with Crippen LogP contribution in [0.2, 0.25) is 0 Å². The van der Waals surface area contributed by atoms with Crippen LogP contribution in [0, 0.1) is 0 Å². The third-order valence-corrected chi connectivity index (χ3v) is 7.43. The molecular weight excluding hydrogens is 420 g/mol. The Kier molecular flexibility index (Phi) is 7.72. The summed E-state index contributed by atoms with van der Waals surface area (Å²) in [7, 11) is 0. The number of hydrogen-bond donors (Lipinski definition) is 1. The van der Waals surface area contributed by atoms with Crippen molar-refractivity contribution >= 4 is 5.97 Å². The molecule has 0 spiro atoms. The van der Waals surface area contributed by atoms with Gasteiger partial charge in [-0.25, -0.2) is 4.79 Å². The van der Waals surface area contributed by atoms with Crippen molar-refractivity contribution in [1.29, 1.82) is 0 Å². The van der Waals surface area contributed by atoms with Crippen LogP contribution in [-0.2, 0) is 21.7 Å². The first-order valence-corrected chi connectivity index (χ1v) is 12.6. The Hall–Kier alpha value is -2.29. The van der Waals surface area contributed by atoms with Gasteiger partial charge >= 0.3 is 5.97 Å². The van der Waals surface area contributed by atoms with Gasteiger partial charge in [0.15, 0.2) is 0 Å². The van der Waals surface area contributed by atoms with E-state index in [2.05, 4.69) is 89.2 Å². The molecule has 0 saturated carbocycles. The maximum Gasteiger partial charge on any atom is 0.343 e. The summed E-state index contributed by atoms with van der Waals surface area (Å²) in [4.78, 5) is 13.5. The number of phenolic OH excluding ortho intramolecular Hbond substituents is 1. The van der Waals surface area contributed by atoms with Gasteiger partial charge in [-0.15, -0.1) is 0 Å². The van der Waals surface area contributed by atoms with Gasteiger partial charge < -0.3 is 9.84 Å². The second kappa shape index (κ2) is 9.40. The van der Waals surface area contributed by atoms with Gasteiger partial charge in [0.2, 0.25) is 0 Å². The van der Waals surface area contributed by atoms with Crippen LogP contribution in [0.15, 0.2) is 30.3 Å². The Bertz CT molecular complexity index is 1010. The predicted octanol–water partition coefficient (Wildman–Crippen LogP) is 8.58. The molecule has 0 aliphatic heterocycles. The number of benzene rings is 2. The van der Waals surface area contributed by atoms with Crippen LogP contribution < -0.4 is 4.74 Å². The summed E-state index contributed by atoms with van der Waals surface area (Å²) >= 11 is 0. The van der Waals surface area contributed by atoms with Gasteiger partial charge in [-0.2, -0.15) is 0 Å². The average molecular weight is 467 g/mol. The van der Waals surface area contributed by atoms with Crippen LogP contribution in [0.1, 0.15) is 129 Å². The van der Waals surface area contributed by atoms with Gasteiger partial charge in [0, 0.05) is 16.7 Å². The summed E-state index contributed by atoms with van der Waals surface area (Å²) in [5, 5.41) is 11.2. The van der Waals surface area contributed by atoms with E-state index in [1.54, 1.807) is 0 Å². The summed E-state index contributed by atoms with van der Waals surface area (Å²) in [6.45, 7) is 25.6. The summed E-state index contributed by atoms with van der Waals surface area (Å²) in [6, 6.07) is 9.77. The fraction of sp³-hybridized carbons (Fsp3) is 0.581. The zero-order chi connectivity index (χ0) is 26.3. The van der Waals surface area contributed by atoms with Crippen molar-refractivity contribution in [1.82, 2.24) is 0 Å². The van der Waals surface area contributed by atoms with E-state index in [-0.39, 0.29) is 21.7 Å². The first-order valence-electron chi connectivity index (χ1n) is 12.6. The van der Waals surface area contributed by atoms with E-state index in [0.717, 1.165) is 29.5 Å². The topological polar surface area (TPSA) is 46.5 Å². The van der Waals surface area contributed by atoms with Crippen LogP contribution in [-0.4, -0.2) is 11.1 Å². The number of phenols is 1. The number of carbonyl (C=O) groups is 1. The van der Waals surface area contributed by atoms with E-state index in [1.165, 1.54) is 5.56 Å². The minimum absolute atomic E-state index is 0.000763. The highest BCUT2D eigenvalue weighted by Gasteiger charge is 2.32. The third-order valence-electron chi connectivity index (χ3n) is 7.43. The number of ether oxygens (including phenoxy) is 1.